The van der Waals surface area contributed by atoms with E-state index in [1.54, 1.807) is 0 Å². The van der Waals surface area contributed by atoms with Gasteiger partial charge >= 0.3 is 0 Å². The number of carbonyl (C=O) groups excluding carboxylic acids is 2. The quantitative estimate of drug-likeness (QED) is 0.792. The summed E-state index contributed by atoms with van der Waals surface area (Å²) in [4.78, 5) is 32.7. The van der Waals surface area contributed by atoms with Crippen LogP contribution in [0.25, 0.3) is 10.9 Å². The van der Waals surface area contributed by atoms with Crippen molar-refractivity contribution in [2.45, 2.75) is 58.0 Å². The van der Waals surface area contributed by atoms with Gasteiger partial charge in [-0.25, -0.2) is 0 Å². The van der Waals surface area contributed by atoms with Crippen molar-refractivity contribution in [1.29, 1.82) is 0 Å². The summed E-state index contributed by atoms with van der Waals surface area (Å²) in [6.45, 7) is 4.14. The van der Waals surface area contributed by atoms with Crippen LogP contribution in [-0.4, -0.2) is 27.7 Å². The highest BCUT2D eigenvalue weighted by Gasteiger charge is 2.65. The predicted molar refractivity (Wildman–Crippen MR) is 114 cm³/mol. The van der Waals surface area contributed by atoms with E-state index in [9.17, 15) is 9.59 Å². The highest BCUT2D eigenvalue weighted by atomic mass is 16.2. The number of primary amides is 1. The highest BCUT2D eigenvalue weighted by molar-refractivity contribution is 5.93. The van der Waals surface area contributed by atoms with Crippen molar-refractivity contribution in [2.75, 3.05) is 0 Å². The zero-order valence-electron chi connectivity index (χ0n) is 17.7. The minimum Gasteiger partial charge on any atom is -0.369 e. The largest absolute Gasteiger partial charge is 0.369 e. The van der Waals surface area contributed by atoms with Gasteiger partial charge in [0.1, 0.15) is 0 Å². The van der Waals surface area contributed by atoms with Crippen LogP contribution >= 0.6 is 0 Å². The number of β-lactam (4-membered cyclic amide) rings is 1. The molecule has 7 rings (SSSR count). The van der Waals surface area contributed by atoms with E-state index in [1.807, 2.05) is 12.3 Å². The lowest BCUT2D eigenvalue weighted by atomic mass is 9.46. The zero-order chi connectivity index (χ0) is 20.8. The molecule has 3 unspecified atom stereocenters. The molecule has 4 aliphatic carbocycles. The molecule has 1 aromatic carbocycles. The van der Waals surface area contributed by atoms with Crippen LogP contribution < -0.4 is 5.73 Å². The lowest BCUT2D eigenvalue weighted by Gasteiger charge is -2.66. The minimum atomic E-state index is -0.443. The van der Waals surface area contributed by atoms with Crippen LogP contribution in [0.1, 0.15) is 57.6 Å². The van der Waals surface area contributed by atoms with Gasteiger partial charge in [0.2, 0.25) is 11.8 Å². The molecule has 1 saturated heterocycles. The van der Waals surface area contributed by atoms with Gasteiger partial charge in [0.15, 0.2) is 0 Å². The van der Waals surface area contributed by atoms with Crippen molar-refractivity contribution in [1.82, 2.24) is 9.88 Å². The molecule has 4 bridgehead atoms. The van der Waals surface area contributed by atoms with E-state index in [2.05, 4.69) is 48.0 Å². The number of hydrogen-bond acceptors (Lipinski definition) is 3. The normalized spacial score (nSPS) is 38.7. The second-order valence-electron chi connectivity index (χ2n) is 10.9. The van der Waals surface area contributed by atoms with Crippen LogP contribution in [0.4, 0.5) is 0 Å². The van der Waals surface area contributed by atoms with Crippen LogP contribution in [0.15, 0.2) is 36.5 Å². The molecule has 2 N–H and O–H groups in total. The number of para-hydroxylation sites is 1. The third-order valence-corrected chi connectivity index (χ3v) is 8.77. The zero-order valence-corrected chi connectivity index (χ0v) is 17.7. The molecule has 0 radical (unpaired) electrons. The molecule has 30 heavy (non-hydrogen) atoms. The monoisotopic (exact) mass is 403 g/mol. The Morgan fingerprint density at radius 1 is 1.10 bits per heavy atom. The van der Waals surface area contributed by atoms with E-state index in [4.69, 9.17) is 5.73 Å². The first-order valence-corrected chi connectivity index (χ1v) is 11.3. The summed E-state index contributed by atoms with van der Waals surface area (Å²) >= 11 is 0. The van der Waals surface area contributed by atoms with Crippen molar-refractivity contribution in [2.24, 2.45) is 34.3 Å². The minimum absolute atomic E-state index is 0.0238. The van der Waals surface area contributed by atoms with Gasteiger partial charge in [0.25, 0.3) is 0 Å². The van der Waals surface area contributed by atoms with Crippen LogP contribution in [0.3, 0.4) is 0 Å². The molecule has 156 valence electrons. The third-order valence-electron chi connectivity index (χ3n) is 8.77. The topological polar surface area (TPSA) is 76.3 Å². The third kappa shape index (κ3) is 2.21. The Hall–Kier alpha value is -2.43. The van der Waals surface area contributed by atoms with E-state index < -0.39 is 5.41 Å². The summed E-state index contributed by atoms with van der Waals surface area (Å²) in [5.74, 6) is 1.48. The van der Waals surface area contributed by atoms with Crippen molar-refractivity contribution < 1.29 is 9.59 Å². The molecule has 1 aliphatic heterocycles. The van der Waals surface area contributed by atoms with E-state index in [0.717, 1.165) is 48.6 Å². The Bertz CT molecular complexity index is 1060. The van der Waals surface area contributed by atoms with Crippen molar-refractivity contribution in [3.63, 3.8) is 0 Å². The summed E-state index contributed by atoms with van der Waals surface area (Å²) in [6, 6.07) is 10.6. The molecule has 2 amide bonds. The number of fused-ring (bicyclic) bond motifs is 1. The molecule has 5 nitrogen and oxygen atoms in total. The number of likely N-dealkylation sites (tertiary alicyclic amines) is 1. The Balaban J connectivity index is 1.42. The molecular formula is C25H29N3O2. The van der Waals surface area contributed by atoms with Gasteiger partial charge in [-0.3, -0.25) is 14.6 Å². The summed E-state index contributed by atoms with van der Waals surface area (Å²) < 4.78 is 0. The Labute approximate surface area is 177 Å². The number of nitrogens with two attached hydrogens (primary N) is 1. The Morgan fingerprint density at radius 3 is 2.50 bits per heavy atom. The second-order valence-corrected chi connectivity index (χ2v) is 10.9. The molecule has 2 heterocycles. The molecule has 0 spiro atoms. The van der Waals surface area contributed by atoms with Gasteiger partial charge in [0, 0.05) is 28.6 Å². The van der Waals surface area contributed by atoms with Crippen molar-refractivity contribution >= 4 is 22.7 Å². The fourth-order valence-corrected chi connectivity index (χ4v) is 7.80. The second kappa shape index (κ2) is 5.83. The molecule has 4 saturated carbocycles. The maximum Gasteiger partial charge on any atom is 0.231 e. The van der Waals surface area contributed by atoms with Gasteiger partial charge in [-0.2, -0.15) is 0 Å². The maximum atomic E-state index is 13.5. The first-order valence-electron chi connectivity index (χ1n) is 11.3. The number of benzene rings is 1. The molecule has 1 aromatic heterocycles. The summed E-state index contributed by atoms with van der Waals surface area (Å²) in [5, 5.41) is 1.11. The Kier molecular flexibility index (Phi) is 3.57. The first kappa shape index (κ1) is 18.3. The number of nitrogens with zero attached hydrogens (tertiary/aromatic N) is 2. The fourth-order valence-electron chi connectivity index (χ4n) is 7.80. The number of rotatable bonds is 3. The van der Waals surface area contributed by atoms with Gasteiger partial charge in [0.05, 0.1) is 17.0 Å². The standard InChI is InChI=1S/C25H29N3O2/c1-24(2)21(18-7-3-5-15-6-4-8-27-19(15)18)28(23(24)30)20-16-9-14-10-17(20)13-25(11-14,12-16)22(26)29/h3-8,14,16-17,20-21H,9-13H2,1-2H3,(H2,26,29). The lowest BCUT2D eigenvalue weighted by Crippen LogP contribution is -2.71. The van der Waals surface area contributed by atoms with Gasteiger partial charge < -0.3 is 10.6 Å². The molecular weight excluding hydrogens is 374 g/mol. The molecule has 2 aromatic rings. The molecule has 5 aliphatic rings. The highest BCUT2D eigenvalue weighted by Crippen LogP contribution is 2.64. The number of hydrogen-bond donors (Lipinski definition) is 1. The van der Waals surface area contributed by atoms with Gasteiger partial charge in [-0.05, 0) is 69.8 Å². The van der Waals surface area contributed by atoms with E-state index >= 15 is 0 Å². The molecule has 3 atom stereocenters. The number of pyridine rings is 1. The van der Waals surface area contributed by atoms with Crippen LogP contribution in [0.5, 0.6) is 0 Å². The summed E-state index contributed by atoms with van der Waals surface area (Å²) in [7, 11) is 0. The molecule has 5 fully saturated rings. The van der Waals surface area contributed by atoms with Gasteiger partial charge in [-0.1, -0.05) is 24.3 Å². The Morgan fingerprint density at radius 2 is 1.80 bits per heavy atom. The summed E-state index contributed by atoms with van der Waals surface area (Å²) in [6.07, 6.45) is 6.75. The smallest absolute Gasteiger partial charge is 0.231 e. The maximum absolute atomic E-state index is 13.5. The average molecular weight is 404 g/mol. The van der Waals surface area contributed by atoms with Crippen LogP contribution in [0, 0.1) is 28.6 Å². The van der Waals surface area contributed by atoms with Crippen LogP contribution in [0.2, 0.25) is 0 Å². The van der Waals surface area contributed by atoms with Crippen LogP contribution in [-0.2, 0) is 9.59 Å². The van der Waals surface area contributed by atoms with E-state index in [-0.39, 0.29) is 29.3 Å². The first-order chi connectivity index (χ1) is 14.3. The fraction of sp³-hybridized carbons (Fsp3) is 0.560. The summed E-state index contributed by atoms with van der Waals surface area (Å²) in [5.41, 5.74) is 7.26. The van der Waals surface area contributed by atoms with Gasteiger partial charge in [-0.15, -0.1) is 0 Å². The van der Waals surface area contributed by atoms with E-state index in [1.165, 1.54) is 0 Å². The van der Waals surface area contributed by atoms with Crippen molar-refractivity contribution in [3.8, 4) is 0 Å². The van der Waals surface area contributed by atoms with Crippen molar-refractivity contribution in [3.05, 3.63) is 42.1 Å². The SMILES string of the molecule is CC1(C)C(=O)N(C2C3CC4CC2CC(C(N)=O)(C4)C3)C1c1cccc2cccnc12. The average Bonchev–Trinajstić information content (AvgIpc) is 2.71. The number of aromatic nitrogens is 1. The van der Waals surface area contributed by atoms with E-state index in [0.29, 0.717) is 17.8 Å². The number of carbonyl (C=O) groups is 2. The number of amides is 2. The lowest BCUT2D eigenvalue weighted by molar-refractivity contribution is -0.198. The predicted octanol–water partition coefficient (Wildman–Crippen LogP) is 3.82. The molecule has 5 heteroatoms.